The Morgan fingerprint density at radius 3 is 2.45 bits per heavy atom. The van der Waals surface area contributed by atoms with Crippen molar-refractivity contribution in [1.29, 1.82) is 0 Å². The number of esters is 1. The molecule has 0 bridgehead atoms. The molecule has 1 aromatic heterocycles. The summed E-state index contributed by atoms with van der Waals surface area (Å²) in [7, 11) is 1.31. The van der Waals surface area contributed by atoms with Crippen LogP contribution in [0, 0.1) is 17.0 Å². The molecule has 2 aromatic rings. The molecule has 0 fully saturated rings. The second kappa shape index (κ2) is 5.48. The van der Waals surface area contributed by atoms with E-state index in [-0.39, 0.29) is 5.69 Å². The summed E-state index contributed by atoms with van der Waals surface area (Å²) in [5.74, 6) is -0.459. The van der Waals surface area contributed by atoms with E-state index in [1.54, 1.807) is 31.3 Å². The summed E-state index contributed by atoms with van der Waals surface area (Å²) < 4.78 is 4.69. The number of ether oxygens (including phenoxy) is 1. The lowest BCUT2D eigenvalue weighted by Gasteiger charge is -2.06. The van der Waals surface area contributed by atoms with Crippen molar-refractivity contribution in [1.82, 2.24) is 4.98 Å². The van der Waals surface area contributed by atoms with Crippen LogP contribution >= 0.6 is 0 Å². The Morgan fingerprint density at radius 2 is 1.90 bits per heavy atom. The van der Waals surface area contributed by atoms with Gasteiger partial charge in [-0.1, -0.05) is 0 Å². The van der Waals surface area contributed by atoms with Gasteiger partial charge in [0.1, 0.15) is 0 Å². The molecule has 0 spiro atoms. The molecule has 1 aromatic carbocycles. The van der Waals surface area contributed by atoms with Gasteiger partial charge in [-0.05, 0) is 30.7 Å². The van der Waals surface area contributed by atoms with Crippen LogP contribution in [0.5, 0.6) is 0 Å². The van der Waals surface area contributed by atoms with Crippen LogP contribution in [-0.2, 0) is 4.74 Å². The Hall–Kier alpha value is -2.76. The van der Waals surface area contributed by atoms with Crippen molar-refractivity contribution in [2.75, 3.05) is 7.11 Å². The SMILES string of the molecule is COC(=O)c1cc(-c2ccc([N+](=O)[O-])cc2)cnc1C. The Morgan fingerprint density at radius 1 is 1.25 bits per heavy atom. The first-order valence-corrected chi connectivity index (χ1v) is 5.82. The largest absolute Gasteiger partial charge is 0.465 e. The molecular weight excluding hydrogens is 260 g/mol. The smallest absolute Gasteiger partial charge is 0.339 e. The first-order valence-electron chi connectivity index (χ1n) is 5.82. The number of hydrogen-bond donors (Lipinski definition) is 0. The molecule has 0 N–H and O–H groups in total. The third kappa shape index (κ3) is 2.64. The number of nitrogens with zero attached hydrogens (tertiary/aromatic N) is 2. The van der Waals surface area contributed by atoms with Gasteiger partial charge in [0, 0.05) is 23.9 Å². The number of aryl methyl sites for hydroxylation is 1. The molecule has 0 saturated heterocycles. The number of carbonyl (C=O) groups excluding carboxylic acids is 1. The average Bonchev–Trinajstić information content (AvgIpc) is 2.47. The molecule has 0 unspecified atom stereocenters. The number of non-ortho nitro benzene ring substituents is 1. The standard InChI is InChI=1S/C14H12N2O4/c1-9-13(14(17)20-2)7-11(8-15-9)10-3-5-12(6-4-10)16(18)19/h3-8H,1-2H3. The zero-order valence-corrected chi connectivity index (χ0v) is 11.0. The van der Waals surface area contributed by atoms with Crippen molar-refractivity contribution in [3.05, 3.63) is 57.9 Å². The predicted molar refractivity (Wildman–Crippen MR) is 72.4 cm³/mol. The number of benzene rings is 1. The van der Waals surface area contributed by atoms with Crippen molar-refractivity contribution in [2.45, 2.75) is 6.92 Å². The Bertz CT molecular complexity index is 665. The minimum atomic E-state index is -0.461. The van der Waals surface area contributed by atoms with Gasteiger partial charge in [0.15, 0.2) is 0 Å². The maximum atomic E-state index is 11.6. The van der Waals surface area contributed by atoms with Crippen LogP contribution in [0.2, 0.25) is 0 Å². The zero-order valence-electron chi connectivity index (χ0n) is 11.0. The molecule has 6 heteroatoms. The number of nitro benzene ring substituents is 1. The highest BCUT2D eigenvalue weighted by molar-refractivity contribution is 5.91. The lowest BCUT2D eigenvalue weighted by atomic mass is 10.0. The maximum Gasteiger partial charge on any atom is 0.339 e. The third-order valence-corrected chi connectivity index (χ3v) is 2.90. The molecule has 0 radical (unpaired) electrons. The van der Waals surface area contributed by atoms with Gasteiger partial charge in [0.05, 0.1) is 23.3 Å². The van der Waals surface area contributed by atoms with Crippen LogP contribution in [-0.4, -0.2) is 23.0 Å². The summed E-state index contributed by atoms with van der Waals surface area (Å²) in [6.07, 6.45) is 1.61. The van der Waals surface area contributed by atoms with Crippen LogP contribution in [0.15, 0.2) is 36.5 Å². The monoisotopic (exact) mass is 272 g/mol. The van der Waals surface area contributed by atoms with E-state index in [0.29, 0.717) is 16.8 Å². The molecular formula is C14H12N2O4. The first kappa shape index (κ1) is 13.7. The Labute approximate surface area is 115 Å². The quantitative estimate of drug-likeness (QED) is 0.487. The van der Waals surface area contributed by atoms with Crippen molar-refractivity contribution < 1.29 is 14.5 Å². The summed E-state index contributed by atoms with van der Waals surface area (Å²) in [5.41, 5.74) is 2.41. The highest BCUT2D eigenvalue weighted by atomic mass is 16.6. The molecule has 0 amide bonds. The second-order valence-electron chi connectivity index (χ2n) is 4.15. The van der Waals surface area contributed by atoms with Gasteiger partial charge in [-0.25, -0.2) is 4.79 Å². The minimum absolute atomic E-state index is 0.0158. The number of hydrogen-bond acceptors (Lipinski definition) is 5. The highest BCUT2D eigenvalue weighted by Crippen LogP contribution is 2.23. The summed E-state index contributed by atoms with van der Waals surface area (Å²) in [6, 6.07) is 7.71. The Balaban J connectivity index is 2.42. The summed E-state index contributed by atoms with van der Waals surface area (Å²) in [4.78, 5) is 25.9. The fourth-order valence-corrected chi connectivity index (χ4v) is 1.78. The summed E-state index contributed by atoms with van der Waals surface area (Å²) in [5, 5.41) is 10.6. The maximum absolute atomic E-state index is 11.6. The molecule has 0 saturated carbocycles. The van der Waals surface area contributed by atoms with E-state index in [2.05, 4.69) is 4.98 Å². The number of nitro groups is 1. The van der Waals surface area contributed by atoms with Crippen molar-refractivity contribution in [3.63, 3.8) is 0 Å². The van der Waals surface area contributed by atoms with E-state index in [1.165, 1.54) is 19.2 Å². The van der Waals surface area contributed by atoms with Gasteiger partial charge >= 0.3 is 5.97 Å². The molecule has 0 atom stereocenters. The molecule has 6 nitrogen and oxygen atoms in total. The van der Waals surface area contributed by atoms with Gasteiger partial charge in [0.2, 0.25) is 0 Å². The molecule has 20 heavy (non-hydrogen) atoms. The normalized spacial score (nSPS) is 10.1. The lowest BCUT2D eigenvalue weighted by molar-refractivity contribution is -0.384. The van der Waals surface area contributed by atoms with E-state index in [4.69, 9.17) is 4.74 Å². The number of rotatable bonds is 3. The van der Waals surface area contributed by atoms with Crippen LogP contribution in [0.3, 0.4) is 0 Å². The molecule has 102 valence electrons. The third-order valence-electron chi connectivity index (χ3n) is 2.90. The highest BCUT2D eigenvalue weighted by Gasteiger charge is 2.12. The number of methoxy groups -OCH3 is 1. The molecule has 0 aliphatic carbocycles. The topological polar surface area (TPSA) is 82.3 Å². The number of pyridine rings is 1. The predicted octanol–water partition coefficient (Wildman–Crippen LogP) is 2.75. The Kier molecular flexibility index (Phi) is 3.74. The summed E-state index contributed by atoms with van der Waals surface area (Å²) >= 11 is 0. The van der Waals surface area contributed by atoms with E-state index in [9.17, 15) is 14.9 Å². The summed E-state index contributed by atoms with van der Waals surface area (Å²) in [6.45, 7) is 1.71. The molecule has 1 heterocycles. The van der Waals surface area contributed by atoms with E-state index >= 15 is 0 Å². The van der Waals surface area contributed by atoms with Gasteiger partial charge in [-0.2, -0.15) is 0 Å². The number of carbonyl (C=O) groups is 1. The molecule has 0 aliphatic heterocycles. The lowest BCUT2D eigenvalue weighted by Crippen LogP contribution is -2.05. The van der Waals surface area contributed by atoms with Crippen LogP contribution < -0.4 is 0 Å². The van der Waals surface area contributed by atoms with Gasteiger partial charge in [-0.15, -0.1) is 0 Å². The number of aromatic nitrogens is 1. The fourth-order valence-electron chi connectivity index (χ4n) is 1.78. The van der Waals surface area contributed by atoms with E-state index in [1.807, 2.05) is 0 Å². The zero-order chi connectivity index (χ0) is 14.7. The fraction of sp³-hybridized carbons (Fsp3) is 0.143. The van der Waals surface area contributed by atoms with Crippen molar-refractivity contribution >= 4 is 11.7 Å². The van der Waals surface area contributed by atoms with Crippen molar-refractivity contribution in [2.24, 2.45) is 0 Å². The van der Waals surface area contributed by atoms with Crippen LogP contribution in [0.1, 0.15) is 16.1 Å². The van der Waals surface area contributed by atoms with Crippen LogP contribution in [0.25, 0.3) is 11.1 Å². The van der Waals surface area contributed by atoms with Gasteiger partial charge in [0.25, 0.3) is 5.69 Å². The van der Waals surface area contributed by atoms with E-state index in [0.717, 1.165) is 5.56 Å². The van der Waals surface area contributed by atoms with Gasteiger partial charge in [-0.3, -0.25) is 15.1 Å². The van der Waals surface area contributed by atoms with Crippen molar-refractivity contribution in [3.8, 4) is 11.1 Å². The minimum Gasteiger partial charge on any atom is -0.465 e. The first-order chi connectivity index (χ1) is 9.52. The average molecular weight is 272 g/mol. The van der Waals surface area contributed by atoms with Gasteiger partial charge < -0.3 is 4.74 Å². The molecule has 0 aliphatic rings. The van der Waals surface area contributed by atoms with Crippen LogP contribution in [0.4, 0.5) is 5.69 Å². The second-order valence-corrected chi connectivity index (χ2v) is 4.15. The van der Waals surface area contributed by atoms with E-state index < -0.39 is 10.9 Å². The molecule has 2 rings (SSSR count).